The summed E-state index contributed by atoms with van der Waals surface area (Å²) < 4.78 is 1.60. The summed E-state index contributed by atoms with van der Waals surface area (Å²) in [5.74, 6) is -0.183. The van der Waals surface area contributed by atoms with E-state index in [1.54, 1.807) is 18.1 Å². The summed E-state index contributed by atoms with van der Waals surface area (Å²) in [7, 11) is 1.78. The minimum atomic E-state index is -0.842. The number of aryl methyl sites for hydroxylation is 1. The Balaban J connectivity index is 1.64. The van der Waals surface area contributed by atoms with Crippen molar-refractivity contribution in [3.05, 3.63) is 12.2 Å². The van der Waals surface area contributed by atoms with Crippen molar-refractivity contribution in [2.24, 2.45) is 12.5 Å². The standard InChI is InChI=1S/C11H17N5O3/c1-16-7-14-8(15-16)2-5-12-10(19)13-6-11(3-4-11)9(17)18/h7H,2-6H2,1H3,(H,17,18)(H2,12,13,19). The van der Waals surface area contributed by atoms with Crippen molar-refractivity contribution in [1.82, 2.24) is 25.4 Å². The third kappa shape index (κ3) is 3.43. The third-order valence-electron chi connectivity index (χ3n) is 3.18. The van der Waals surface area contributed by atoms with Crippen molar-refractivity contribution in [2.75, 3.05) is 13.1 Å². The van der Waals surface area contributed by atoms with Gasteiger partial charge in [-0.2, -0.15) is 5.10 Å². The second kappa shape index (κ2) is 5.25. The molecule has 104 valence electrons. The molecule has 0 unspecified atom stereocenters. The average molecular weight is 267 g/mol. The topological polar surface area (TPSA) is 109 Å². The third-order valence-corrected chi connectivity index (χ3v) is 3.18. The molecule has 8 heteroatoms. The number of urea groups is 1. The minimum Gasteiger partial charge on any atom is -0.481 e. The van der Waals surface area contributed by atoms with Crippen molar-refractivity contribution < 1.29 is 14.7 Å². The Kier molecular flexibility index (Phi) is 3.68. The number of nitrogens with one attached hydrogen (secondary N) is 2. The van der Waals surface area contributed by atoms with Gasteiger partial charge in [0, 0.05) is 26.6 Å². The van der Waals surface area contributed by atoms with E-state index in [9.17, 15) is 9.59 Å². The Morgan fingerprint density at radius 1 is 1.47 bits per heavy atom. The van der Waals surface area contributed by atoms with Gasteiger partial charge < -0.3 is 15.7 Å². The Bertz CT molecular complexity index is 480. The maximum atomic E-state index is 11.5. The molecule has 19 heavy (non-hydrogen) atoms. The fourth-order valence-corrected chi connectivity index (χ4v) is 1.72. The lowest BCUT2D eigenvalue weighted by molar-refractivity contribution is -0.143. The minimum absolute atomic E-state index is 0.177. The largest absolute Gasteiger partial charge is 0.481 e. The SMILES string of the molecule is Cn1cnc(CCNC(=O)NCC2(C(=O)O)CC2)n1. The maximum absolute atomic E-state index is 11.5. The smallest absolute Gasteiger partial charge is 0.314 e. The molecular weight excluding hydrogens is 250 g/mol. The normalized spacial score (nSPS) is 15.8. The number of carbonyl (C=O) groups is 2. The van der Waals surface area contributed by atoms with Gasteiger partial charge in [-0.25, -0.2) is 9.78 Å². The predicted molar refractivity (Wildman–Crippen MR) is 65.4 cm³/mol. The van der Waals surface area contributed by atoms with Crippen LogP contribution in [0.25, 0.3) is 0 Å². The number of aliphatic carboxylic acids is 1. The molecule has 8 nitrogen and oxygen atoms in total. The van der Waals surface area contributed by atoms with Crippen molar-refractivity contribution in [1.29, 1.82) is 0 Å². The molecular formula is C11H17N5O3. The van der Waals surface area contributed by atoms with Crippen LogP contribution in [0.5, 0.6) is 0 Å². The summed E-state index contributed by atoms with van der Waals surface area (Å²) in [5, 5.41) is 18.3. The van der Waals surface area contributed by atoms with E-state index in [-0.39, 0.29) is 12.6 Å². The van der Waals surface area contributed by atoms with Gasteiger partial charge in [0.05, 0.1) is 5.41 Å². The number of carbonyl (C=O) groups excluding carboxylic acids is 1. The van der Waals surface area contributed by atoms with Crippen LogP contribution in [0, 0.1) is 5.41 Å². The first-order valence-corrected chi connectivity index (χ1v) is 6.11. The van der Waals surface area contributed by atoms with Crippen LogP contribution in [-0.2, 0) is 18.3 Å². The van der Waals surface area contributed by atoms with E-state index < -0.39 is 11.4 Å². The van der Waals surface area contributed by atoms with Gasteiger partial charge in [-0.3, -0.25) is 9.48 Å². The molecule has 2 rings (SSSR count). The molecule has 1 aliphatic carbocycles. The van der Waals surface area contributed by atoms with Crippen molar-refractivity contribution in [3.63, 3.8) is 0 Å². The fourth-order valence-electron chi connectivity index (χ4n) is 1.72. The van der Waals surface area contributed by atoms with Gasteiger partial charge in [0.1, 0.15) is 6.33 Å². The van der Waals surface area contributed by atoms with Crippen LogP contribution in [0.15, 0.2) is 6.33 Å². The van der Waals surface area contributed by atoms with E-state index in [0.29, 0.717) is 31.6 Å². The molecule has 2 amide bonds. The molecule has 0 radical (unpaired) electrons. The zero-order chi connectivity index (χ0) is 13.9. The summed E-state index contributed by atoms with van der Waals surface area (Å²) in [6.07, 6.45) is 3.39. The molecule has 0 saturated heterocycles. The van der Waals surface area contributed by atoms with Gasteiger partial charge in [-0.05, 0) is 12.8 Å². The highest BCUT2D eigenvalue weighted by atomic mass is 16.4. The Labute approximate surface area is 110 Å². The zero-order valence-electron chi connectivity index (χ0n) is 10.7. The number of aromatic nitrogens is 3. The number of carboxylic acid groups (broad SMARTS) is 1. The lowest BCUT2D eigenvalue weighted by atomic mass is 10.1. The Hall–Kier alpha value is -2.12. The summed E-state index contributed by atoms with van der Waals surface area (Å²) >= 11 is 0. The van der Waals surface area contributed by atoms with Gasteiger partial charge in [-0.1, -0.05) is 0 Å². The van der Waals surface area contributed by atoms with E-state index in [1.807, 2.05) is 0 Å². The molecule has 1 fully saturated rings. The Morgan fingerprint density at radius 3 is 2.74 bits per heavy atom. The van der Waals surface area contributed by atoms with E-state index >= 15 is 0 Å². The van der Waals surface area contributed by atoms with E-state index in [0.717, 1.165) is 0 Å². The van der Waals surface area contributed by atoms with Crippen molar-refractivity contribution >= 4 is 12.0 Å². The average Bonchev–Trinajstić information content (AvgIpc) is 3.05. The molecule has 1 heterocycles. The highest BCUT2D eigenvalue weighted by Crippen LogP contribution is 2.45. The number of carboxylic acids is 1. The first kappa shape index (κ1) is 13.3. The lowest BCUT2D eigenvalue weighted by Gasteiger charge is -2.11. The predicted octanol–water partition coefficient (Wildman–Crippen LogP) is -0.478. The van der Waals surface area contributed by atoms with Gasteiger partial charge in [0.15, 0.2) is 5.82 Å². The maximum Gasteiger partial charge on any atom is 0.314 e. The van der Waals surface area contributed by atoms with Crippen LogP contribution >= 0.6 is 0 Å². The van der Waals surface area contributed by atoms with Crippen LogP contribution in [0.2, 0.25) is 0 Å². The van der Waals surface area contributed by atoms with Gasteiger partial charge >= 0.3 is 12.0 Å². The number of hydrogen-bond donors (Lipinski definition) is 3. The molecule has 1 aromatic rings. The highest BCUT2D eigenvalue weighted by Gasteiger charge is 2.50. The molecule has 0 bridgehead atoms. The lowest BCUT2D eigenvalue weighted by Crippen LogP contribution is -2.41. The summed E-state index contributed by atoms with van der Waals surface area (Å²) in [4.78, 5) is 26.4. The van der Waals surface area contributed by atoms with Crippen molar-refractivity contribution in [2.45, 2.75) is 19.3 Å². The van der Waals surface area contributed by atoms with Crippen LogP contribution in [0.1, 0.15) is 18.7 Å². The number of amides is 2. The molecule has 0 spiro atoms. The van der Waals surface area contributed by atoms with E-state index in [2.05, 4.69) is 20.7 Å². The summed E-state index contributed by atoms with van der Waals surface area (Å²) in [5.41, 5.74) is -0.736. The molecule has 0 aromatic carbocycles. The number of rotatable bonds is 6. The fraction of sp³-hybridized carbons (Fsp3) is 0.636. The van der Waals surface area contributed by atoms with Crippen LogP contribution in [0.4, 0.5) is 4.79 Å². The van der Waals surface area contributed by atoms with E-state index in [4.69, 9.17) is 5.11 Å². The molecule has 0 aliphatic heterocycles. The zero-order valence-corrected chi connectivity index (χ0v) is 10.7. The highest BCUT2D eigenvalue weighted by molar-refractivity contribution is 5.80. The Morgan fingerprint density at radius 2 is 2.21 bits per heavy atom. The number of nitrogens with zero attached hydrogens (tertiary/aromatic N) is 3. The summed E-state index contributed by atoms with van der Waals surface area (Å²) in [6, 6.07) is -0.358. The second-order valence-electron chi connectivity index (χ2n) is 4.78. The van der Waals surface area contributed by atoms with Crippen LogP contribution in [0.3, 0.4) is 0 Å². The second-order valence-corrected chi connectivity index (χ2v) is 4.78. The van der Waals surface area contributed by atoms with Gasteiger partial charge in [0.25, 0.3) is 0 Å². The monoisotopic (exact) mass is 267 g/mol. The molecule has 1 saturated carbocycles. The van der Waals surface area contributed by atoms with Gasteiger partial charge in [-0.15, -0.1) is 0 Å². The number of hydrogen-bond acceptors (Lipinski definition) is 4. The quantitative estimate of drug-likeness (QED) is 0.645. The first-order valence-electron chi connectivity index (χ1n) is 6.11. The van der Waals surface area contributed by atoms with Gasteiger partial charge in [0.2, 0.25) is 0 Å². The molecule has 1 aliphatic rings. The van der Waals surface area contributed by atoms with E-state index in [1.165, 1.54) is 0 Å². The van der Waals surface area contributed by atoms with Crippen molar-refractivity contribution in [3.8, 4) is 0 Å². The molecule has 1 aromatic heterocycles. The first-order chi connectivity index (χ1) is 9.02. The summed E-state index contributed by atoms with van der Waals surface area (Å²) in [6.45, 7) is 0.589. The van der Waals surface area contributed by atoms with Crippen LogP contribution in [-0.4, -0.2) is 45.0 Å². The molecule has 3 N–H and O–H groups in total. The molecule has 0 atom stereocenters. The van der Waals surface area contributed by atoms with Crippen LogP contribution < -0.4 is 10.6 Å².